The number of carbonyl (C=O) groups excluding carboxylic acids is 1. The maximum absolute atomic E-state index is 14.0. The van der Waals surface area contributed by atoms with E-state index in [1.54, 1.807) is 48.3 Å². The SMILES string of the molecule is CN(C)c1c(F)cc(NC(=O)c2cccn2Cc2cccs2)cc1F. The Balaban J connectivity index is 1.81. The summed E-state index contributed by atoms with van der Waals surface area (Å²) in [4.78, 5) is 14.9. The van der Waals surface area contributed by atoms with Crippen molar-refractivity contribution in [3.63, 3.8) is 0 Å². The average Bonchev–Trinajstić information content (AvgIpc) is 3.18. The van der Waals surface area contributed by atoms with Gasteiger partial charge < -0.3 is 14.8 Å². The summed E-state index contributed by atoms with van der Waals surface area (Å²) in [5, 5.41) is 4.53. The first kappa shape index (κ1) is 17.2. The third-order valence-corrected chi connectivity index (χ3v) is 4.55. The van der Waals surface area contributed by atoms with Gasteiger partial charge in [0.25, 0.3) is 5.91 Å². The van der Waals surface area contributed by atoms with E-state index in [-0.39, 0.29) is 11.4 Å². The van der Waals surface area contributed by atoms with Crippen LogP contribution in [0, 0.1) is 11.6 Å². The summed E-state index contributed by atoms with van der Waals surface area (Å²) in [6, 6.07) is 9.59. The van der Waals surface area contributed by atoms with Gasteiger partial charge in [-0.3, -0.25) is 4.79 Å². The maximum atomic E-state index is 14.0. The van der Waals surface area contributed by atoms with Crippen molar-refractivity contribution in [3.05, 3.63) is 70.2 Å². The van der Waals surface area contributed by atoms with Crippen molar-refractivity contribution in [3.8, 4) is 0 Å². The van der Waals surface area contributed by atoms with Gasteiger partial charge in [-0.25, -0.2) is 8.78 Å². The Morgan fingerprint density at radius 3 is 2.52 bits per heavy atom. The van der Waals surface area contributed by atoms with E-state index < -0.39 is 17.5 Å². The number of hydrogen-bond donors (Lipinski definition) is 1. The molecule has 3 aromatic rings. The molecule has 0 radical (unpaired) electrons. The van der Waals surface area contributed by atoms with Gasteiger partial charge >= 0.3 is 0 Å². The third-order valence-electron chi connectivity index (χ3n) is 3.69. The van der Waals surface area contributed by atoms with Crippen LogP contribution in [0.5, 0.6) is 0 Å². The predicted octanol–water partition coefficient (Wildman–Crippen LogP) is 4.19. The minimum atomic E-state index is -0.728. The topological polar surface area (TPSA) is 37.3 Å². The first-order valence-electron chi connectivity index (χ1n) is 7.61. The van der Waals surface area contributed by atoms with E-state index in [1.165, 1.54) is 4.90 Å². The minimum Gasteiger partial charge on any atom is -0.373 e. The summed E-state index contributed by atoms with van der Waals surface area (Å²) in [6.45, 7) is 0.565. The normalized spacial score (nSPS) is 10.7. The smallest absolute Gasteiger partial charge is 0.272 e. The summed E-state index contributed by atoms with van der Waals surface area (Å²) in [7, 11) is 3.11. The van der Waals surface area contributed by atoms with Crippen LogP contribution in [0.3, 0.4) is 0 Å². The number of amides is 1. The lowest BCUT2D eigenvalue weighted by Crippen LogP contribution is -2.18. The first-order valence-corrected chi connectivity index (χ1v) is 8.49. The molecule has 25 heavy (non-hydrogen) atoms. The molecule has 0 saturated carbocycles. The fraction of sp³-hybridized carbons (Fsp3) is 0.167. The van der Waals surface area contributed by atoms with Gasteiger partial charge in [-0.2, -0.15) is 0 Å². The quantitative estimate of drug-likeness (QED) is 0.740. The number of hydrogen-bond acceptors (Lipinski definition) is 3. The van der Waals surface area contributed by atoms with Crippen LogP contribution in [-0.4, -0.2) is 24.6 Å². The van der Waals surface area contributed by atoms with Gasteiger partial charge in [-0.05, 0) is 35.7 Å². The van der Waals surface area contributed by atoms with Crippen molar-refractivity contribution in [1.29, 1.82) is 0 Å². The van der Waals surface area contributed by atoms with E-state index in [2.05, 4.69) is 5.32 Å². The Kier molecular flexibility index (Phi) is 4.85. The first-order chi connectivity index (χ1) is 12.0. The van der Waals surface area contributed by atoms with Crippen LogP contribution in [0.25, 0.3) is 0 Å². The molecule has 1 aromatic carbocycles. The highest BCUT2D eigenvalue weighted by atomic mass is 32.1. The van der Waals surface area contributed by atoms with E-state index in [1.807, 2.05) is 17.5 Å². The fourth-order valence-corrected chi connectivity index (χ4v) is 3.29. The number of thiophene rings is 1. The second-order valence-electron chi connectivity index (χ2n) is 5.74. The second kappa shape index (κ2) is 7.06. The maximum Gasteiger partial charge on any atom is 0.272 e. The van der Waals surface area contributed by atoms with Crippen LogP contribution in [0.1, 0.15) is 15.4 Å². The summed E-state index contributed by atoms with van der Waals surface area (Å²) in [5.74, 6) is -1.87. The standard InChI is InChI=1S/C18H17F2N3OS/c1-22(2)17-14(19)9-12(10-15(17)20)21-18(24)16-6-3-7-23(16)11-13-5-4-8-25-13/h3-10H,11H2,1-2H3,(H,21,24). The van der Waals surface area contributed by atoms with Crippen molar-refractivity contribution in [2.24, 2.45) is 0 Å². The van der Waals surface area contributed by atoms with Crippen molar-refractivity contribution in [2.75, 3.05) is 24.3 Å². The molecule has 0 atom stereocenters. The van der Waals surface area contributed by atoms with Crippen LogP contribution in [0.2, 0.25) is 0 Å². The van der Waals surface area contributed by atoms with Crippen LogP contribution in [-0.2, 0) is 6.54 Å². The monoisotopic (exact) mass is 361 g/mol. The van der Waals surface area contributed by atoms with Gasteiger partial charge in [0.15, 0.2) is 11.6 Å². The zero-order valence-corrected chi connectivity index (χ0v) is 14.6. The van der Waals surface area contributed by atoms with Crippen molar-refractivity contribution >= 4 is 28.6 Å². The molecule has 0 aliphatic heterocycles. The Morgan fingerprint density at radius 2 is 1.92 bits per heavy atom. The van der Waals surface area contributed by atoms with Crippen LogP contribution < -0.4 is 10.2 Å². The number of nitrogens with one attached hydrogen (secondary N) is 1. The summed E-state index contributed by atoms with van der Waals surface area (Å²) in [5.41, 5.74) is 0.361. The Morgan fingerprint density at radius 1 is 1.20 bits per heavy atom. The molecule has 2 aromatic heterocycles. The number of halogens is 2. The predicted molar refractivity (Wildman–Crippen MR) is 96.5 cm³/mol. The number of anilines is 2. The van der Waals surface area contributed by atoms with Crippen LogP contribution in [0.4, 0.5) is 20.2 Å². The molecule has 0 saturated heterocycles. The number of nitrogens with zero attached hydrogens (tertiary/aromatic N) is 2. The van der Waals surface area contributed by atoms with Crippen LogP contribution in [0.15, 0.2) is 48.0 Å². The molecular formula is C18H17F2N3OS. The van der Waals surface area contributed by atoms with Gasteiger partial charge in [0.1, 0.15) is 11.4 Å². The Bertz CT molecular complexity index is 865. The number of benzene rings is 1. The highest BCUT2D eigenvalue weighted by molar-refractivity contribution is 7.09. The summed E-state index contributed by atoms with van der Waals surface area (Å²) < 4.78 is 29.9. The molecule has 130 valence electrons. The summed E-state index contributed by atoms with van der Waals surface area (Å²) >= 11 is 1.60. The molecule has 3 rings (SSSR count). The average molecular weight is 361 g/mol. The molecular weight excluding hydrogens is 344 g/mol. The van der Waals surface area contributed by atoms with Crippen molar-refractivity contribution in [2.45, 2.75) is 6.54 Å². The van der Waals surface area contributed by atoms with Crippen molar-refractivity contribution < 1.29 is 13.6 Å². The summed E-state index contributed by atoms with van der Waals surface area (Å²) in [6.07, 6.45) is 1.80. The molecule has 4 nitrogen and oxygen atoms in total. The zero-order chi connectivity index (χ0) is 18.0. The Hall–Kier alpha value is -2.67. The van der Waals surface area contributed by atoms with E-state index in [0.717, 1.165) is 17.0 Å². The van der Waals surface area contributed by atoms with E-state index in [4.69, 9.17) is 0 Å². The second-order valence-corrected chi connectivity index (χ2v) is 6.77. The molecule has 0 aliphatic rings. The molecule has 0 spiro atoms. The molecule has 0 bridgehead atoms. The van der Waals surface area contributed by atoms with E-state index in [0.29, 0.717) is 12.2 Å². The molecule has 0 fully saturated rings. The lowest BCUT2D eigenvalue weighted by molar-refractivity contribution is 0.101. The minimum absolute atomic E-state index is 0.0782. The lowest BCUT2D eigenvalue weighted by Gasteiger charge is -2.16. The third kappa shape index (κ3) is 3.71. The van der Waals surface area contributed by atoms with Gasteiger partial charge in [-0.1, -0.05) is 6.07 Å². The number of aromatic nitrogens is 1. The number of rotatable bonds is 5. The van der Waals surface area contributed by atoms with Crippen molar-refractivity contribution in [1.82, 2.24) is 4.57 Å². The Labute approximate surface area is 148 Å². The molecule has 2 heterocycles. The van der Waals surface area contributed by atoms with Gasteiger partial charge in [-0.15, -0.1) is 11.3 Å². The largest absolute Gasteiger partial charge is 0.373 e. The highest BCUT2D eigenvalue weighted by Gasteiger charge is 2.16. The van der Waals surface area contributed by atoms with E-state index in [9.17, 15) is 13.6 Å². The van der Waals surface area contributed by atoms with Gasteiger partial charge in [0.2, 0.25) is 0 Å². The fourth-order valence-electron chi connectivity index (χ4n) is 2.59. The van der Waals surface area contributed by atoms with Gasteiger partial charge in [0, 0.05) is 30.9 Å². The molecule has 7 heteroatoms. The molecule has 1 amide bonds. The van der Waals surface area contributed by atoms with Crippen LogP contribution >= 0.6 is 11.3 Å². The molecule has 0 aliphatic carbocycles. The number of carbonyl (C=O) groups is 1. The zero-order valence-electron chi connectivity index (χ0n) is 13.8. The lowest BCUT2D eigenvalue weighted by atomic mass is 10.2. The molecule has 1 N–H and O–H groups in total. The van der Waals surface area contributed by atoms with E-state index >= 15 is 0 Å². The molecule has 0 unspecified atom stereocenters. The highest BCUT2D eigenvalue weighted by Crippen LogP contribution is 2.26. The van der Waals surface area contributed by atoms with Gasteiger partial charge in [0.05, 0.1) is 6.54 Å².